The molecule has 3 rings (SSSR count). The van der Waals surface area contributed by atoms with E-state index in [0.29, 0.717) is 13.1 Å². The van der Waals surface area contributed by atoms with Crippen molar-refractivity contribution in [2.24, 2.45) is 4.99 Å². The van der Waals surface area contributed by atoms with E-state index in [9.17, 15) is 4.39 Å². The highest BCUT2D eigenvalue weighted by Crippen LogP contribution is 2.27. The minimum absolute atomic E-state index is 0. The molecule has 0 amide bonds. The number of nitrogens with one attached hydrogen (secondary N) is 2. The average molecular weight is 498 g/mol. The first kappa shape index (κ1) is 22.4. The number of aliphatic imine (C=N–C) groups is 1. The number of nitrogens with zero attached hydrogens (tertiary/aromatic N) is 2. The van der Waals surface area contributed by atoms with Crippen molar-refractivity contribution in [1.82, 2.24) is 15.5 Å². The molecule has 7 heteroatoms. The molecule has 0 spiro atoms. The normalized spacial score (nSPS) is 16.8. The van der Waals surface area contributed by atoms with Gasteiger partial charge in [-0.05, 0) is 43.4 Å². The van der Waals surface area contributed by atoms with Gasteiger partial charge in [-0.1, -0.05) is 30.3 Å². The van der Waals surface area contributed by atoms with Crippen molar-refractivity contribution in [3.05, 3.63) is 65.5 Å². The molecule has 0 saturated carbocycles. The fourth-order valence-electron chi connectivity index (χ4n) is 3.28. The minimum atomic E-state index is -0.223. The van der Waals surface area contributed by atoms with E-state index in [1.165, 1.54) is 17.7 Å². The number of hydrogen-bond acceptors (Lipinski definition) is 3. The van der Waals surface area contributed by atoms with Gasteiger partial charge in [-0.25, -0.2) is 4.39 Å². The van der Waals surface area contributed by atoms with Crippen molar-refractivity contribution >= 4 is 29.9 Å². The number of ether oxygens (including phenoxy) is 1. The highest BCUT2D eigenvalue weighted by molar-refractivity contribution is 14.0. The van der Waals surface area contributed by atoms with Gasteiger partial charge in [0.25, 0.3) is 0 Å². The van der Waals surface area contributed by atoms with Gasteiger partial charge in [0.2, 0.25) is 0 Å². The number of halogens is 2. The van der Waals surface area contributed by atoms with Crippen molar-refractivity contribution in [2.75, 3.05) is 34.2 Å². The monoisotopic (exact) mass is 498 g/mol. The Morgan fingerprint density at radius 3 is 2.54 bits per heavy atom. The Kier molecular flexibility index (Phi) is 8.50. The Bertz CT molecular complexity index is 757. The first-order chi connectivity index (χ1) is 13.1. The van der Waals surface area contributed by atoms with E-state index in [1.54, 1.807) is 7.05 Å². The second-order valence-corrected chi connectivity index (χ2v) is 6.92. The Hall–Kier alpha value is -1.87. The van der Waals surface area contributed by atoms with Crippen LogP contribution in [0.25, 0.3) is 0 Å². The van der Waals surface area contributed by atoms with Crippen LogP contribution in [0, 0.1) is 5.82 Å². The van der Waals surface area contributed by atoms with E-state index >= 15 is 0 Å². The van der Waals surface area contributed by atoms with E-state index in [2.05, 4.69) is 26.6 Å². The van der Waals surface area contributed by atoms with Crippen molar-refractivity contribution in [1.29, 1.82) is 0 Å². The summed E-state index contributed by atoms with van der Waals surface area (Å²) in [7, 11) is 5.77. The Morgan fingerprint density at radius 1 is 1.18 bits per heavy atom. The van der Waals surface area contributed by atoms with Gasteiger partial charge in [-0.3, -0.25) is 4.99 Å². The van der Waals surface area contributed by atoms with Crippen LogP contribution in [-0.4, -0.2) is 51.2 Å². The lowest BCUT2D eigenvalue weighted by molar-refractivity contribution is 0.234. The van der Waals surface area contributed by atoms with Crippen LogP contribution in [0.3, 0.4) is 0 Å². The van der Waals surface area contributed by atoms with E-state index in [4.69, 9.17) is 4.74 Å². The van der Waals surface area contributed by atoms with Crippen LogP contribution in [0.15, 0.2) is 53.5 Å². The topological polar surface area (TPSA) is 48.9 Å². The van der Waals surface area contributed by atoms with Gasteiger partial charge in [0.15, 0.2) is 5.96 Å². The van der Waals surface area contributed by atoms with Crippen LogP contribution < -0.4 is 15.4 Å². The van der Waals surface area contributed by atoms with Crippen LogP contribution in [0.4, 0.5) is 4.39 Å². The van der Waals surface area contributed by atoms with Gasteiger partial charge in [-0.15, -0.1) is 24.0 Å². The number of guanidine groups is 1. The highest BCUT2D eigenvalue weighted by atomic mass is 127. The lowest BCUT2D eigenvalue weighted by Crippen LogP contribution is -2.44. The van der Waals surface area contributed by atoms with E-state index < -0.39 is 0 Å². The largest absolute Gasteiger partial charge is 0.488 e. The molecule has 0 saturated heterocycles. The zero-order chi connectivity index (χ0) is 19.2. The molecule has 0 aliphatic carbocycles. The molecular weight excluding hydrogens is 470 g/mol. The minimum Gasteiger partial charge on any atom is -0.488 e. The first-order valence-electron chi connectivity index (χ1n) is 9.18. The maximum Gasteiger partial charge on any atom is 0.191 e. The number of likely N-dealkylation sites (N-methyl/N-ethyl adjacent to an activating group) is 1. The zero-order valence-corrected chi connectivity index (χ0v) is 18.8. The molecule has 1 heterocycles. The molecule has 0 fully saturated rings. The SMILES string of the molecule is CN=C(NCC1Cc2ccccc2O1)NCC(c1ccc(F)cc1)N(C)C.I. The van der Waals surface area contributed by atoms with Gasteiger partial charge >= 0.3 is 0 Å². The fraction of sp³-hybridized carbons (Fsp3) is 0.381. The highest BCUT2D eigenvalue weighted by Gasteiger charge is 2.22. The van der Waals surface area contributed by atoms with Crippen molar-refractivity contribution < 1.29 is 9.13 Å². The summed E-state index contributed by atoms with van der Waals surface area (Å²) in [4.78, 5) is 6.40. The lowest BCUT2D eigenvalue weighted by atomic mass is 10.1. The Balaban J connectivity index is 0.00000280. The van der Waals surface area contributed by atoms with Crippen LogP contribution in [0.2, 0.25) is 0 Å². The number of benzene rings is 2. The predicted molar refractivity (Wildman–Crippen MR) is 122 cm³/mol. The summed E-state index contributed by atoms with van der Waals surface area (Å²) in [6, 6.07) is 14.9. The third kappa shape index (κ3) is 5.81. The second-order valence-electron chi connectivity index (χ2n) is 6.92. The van der Waals surface area contributed by atoms with Crippen LogP contribution in [0.1, 0.15) is 17.2 Å². The summed E-state index contributed by atoms with van der Waals surface area (Å²) in [5.41, 5.74) is 2.30. The first-order valence-corrected chi connectivity index (χ1v) is 9.18. The van der Waals surface area contributed by atoms with Crippen LogP contribution >= 0.6 is 24.0 Å². The Labute approximate surface area is 183 Å². The zero-order valence-electron chi connectivity index (χ0n) is 16.5. The third-order valence-corrected chi connectivity index (χ3v) is 4.78. The van der Waals surface area contributed by atoms with Gasteiger partial charge in [0, 0.05) is 20.0 Å². The molecule has 1 aliphatic rings. The lowest BCUT2D eigenvalue weighted by Gasteiger charge is -2.26. The number of para-hydroxylation sites is 1. The van der Waals surface area contributed by atoms with Crippen molar-refractivity contribution in [3.8, 4) is 5.75 Å². The van der Waals surface area contributed by atoms with Gasteiger partial charge in [-0.2, -0.15) is 0 Å². The summed E-state index contributed by atoms with van der Waals surface area (Å²) in [5, 5.41) is 6.69. The molecule has 0 bridgehead atoms. The maximum absolute atomic E-state index is 13.2. The van der Waals surface area contributed by atoms with Crippen LogP contribution in [-0.2, 0) is 6.42 Å². The summed E-state index contributed by atoms with van der Waals surface area (Å²) in [5.74, 6) is 1.47. The van der Waals surface area contributed by atoms with E-state index in [0.717, 1.165) is 23.7 Å². The number of fused-ring (bicyclic) bond motifs is 1. The maximum atomic E-state index is 13.2. The van der Waals surface area contributed by atoms with Gasteiger partial charge < -0.3 is 20.3 Å². The molecule has 5 nitrogen and oxygen atoms in total. The van der Waals surface area contributed by atoms with Gasteiger partial charge in [0.1, 0.15) is 17.7 Å². The second kappa shape index (κ2) is 10.6. The predicted octanol–water partition coefficient (Wildman–Crippen LogP) is 3.22. The summed E-state index contributed by atoms with van der Waals surface area (Å²) >= 11 is 0. The molecule has 2 aromatic carbocycles. The average Bonchev–Trinajstić information content (AvgIpc) is 3.08. The molecule has 2 unspecified atom stereocenters. The Morgan fingerprint density at radius 2 is 1.89 bits per heavy atom. The molecule has 1 aliphatic heterocycles. The molecule has 0 aromatic heterocycles. The number of rotatable bonds is 6. The molecule has 152 valence electrons. The number of hydrogen-bond donors (Lipinski definition) is 2. The third-order valence-electron chi connectivity index (χ3n) is 4.78. The summed E-state index contributed by atoms with van der Waals surface area (Å²) in [6.07, 6.45) is 0.999. The van der Waals surface area contributed by atoms with Crippen molar-refractivity contribution in [3.63, 3.8) is 0 Å². The smallest absolute Gasteiger partial charge is 0.191 e. The van der Waals surface area contributed by atoms with Crippen LogP contribution in [0.5, 0.6) is 5.75 Å². The van der Waals surface area contributed by atoms with Gasteiger partial charge in [0.05, 0.1) is 12.6 Å². The van der Waals surface area contributed by atoms with E-state index in [1.807, 2.05) is 44.4 Å². The fourth-order valence-corrected chi connectivity index (χ4v) is 3.28. The molecule has 2 N–H and O–H groups in total. The quantitative estimate of drug-likeness (QED) is 0.365. The standard InChI is InChI=1S/C21H27FN4O.HI/c1-23-21(24-13-18-12-16-6-4-5-7-20(16)27-18)25-14-19(26(2)3)15-8-10-17(22)11-9-15;/h4-11,18-19H,12-14H2,1-3H3,(H2,23,24,25);1H. The molecule has 2 aromatic rings. The molecule has 28 heavy (non-hydrogen) atoms. The summed E-state index contributed by atoms with van der Waals surface area (Å²) in [6.45, 7) is 1.33. The molecule has 2 atom stereocenters. The molecule has 0 radical (unpaired) electrons. The molecular formula is C21H28FIN4O. The van der Waals surface area contributed by atoms with Crippen molar-refractivity contribution in [2.45, 2.75) is 18.6 Å². The van der Waals surface area contributed by atoms with E-state index in [-0.39, 0.29) is 41.9 Å². The summed E-state index contributed by atoms with van der Waals surface area (Å²) < 4.78 is 19.2.